The number of hydrogen-bond acceptors (Lipinski definition) is 3. The van der Waals surface area contributed by atoms with Gasteiger partial charge in [0.15, 0.2) is 5.78 Å². The number of benzene rings is 2. The van der Waals surface area contributed by atoms with E-state index in [1.54, 1.807) is 11.8 Å². The highest BCUT2D eigenvalue weighted by Gasteiger charge is 2.46. The summed E-state index contributed by atoms with van der Waals surface area (Å²) in [6, 6.07) is 14.1. The van der Waals surface area contributed by atoms with Crippen LogP contribution in [0.3, 0.4) is 0 Å². The summed E-state index contributed by atoms with van der Waals surface area (Å²) in [5.74, 6) is 0.223. The van der Waals surface area contributed by atoms with Crippen LogP contribution in [0.5, 0.6) is 0 Å². The quantitative estimate of drug-likeness (QED) is 0.678. The Morgan fingerprint density at radius 1 is 1.16 bits per heavy atom. The van der Waals surface area contributed by atoms with Gasteiger partial charge in [0, 0.05) is 26.9 Å². The summed E-state index contributed by atoms with van der Waals surface area (Å²) >= 11 is 7.90. The first-order valence-corrected chi connectivity index (χ1v) is 9.78. The van der Waals surface area contributed by atoms with Crippen molar-refractivity contribution < 1.29 is 4.79 Å². The molecule has 2 aliphatic rings. The molecule has 1 saturated heterocycles. The highest BCUT2D eigenvalue weighted by Crippen LogP contribution is 2.49. The molecule has 2 heterocycles. The maximum atomic E-state index is 13.7. The van der Waals surface area contributed by atoms with Gasteiger partial charge >= 0.3 is 0 Å². The van der Waals surface area contributed by atoms with Crippen LogP contribution < -0.4 is 0 Å². The lowest BCUT2D eigenvalue weighted by atomic mass is 9.68. The average Bonchev–Trinajstić information content (AvgIpc) is 2.72. The number of Topliss-reactive ketones (excluding diaryl/α,β-unsaturated/α-hetero) is 1. The minimum absolute atomic E-state index is 0.223. The second-order valence-corrected chi connectivity index (χ2v) is 8.26. The number of rotatable bonds is 2. The fraction of sp³-hybridized carbons (Fsp3) is 0.286. The van der Waals surface area contributed by atoms with Crippen molar-refractivity contribution in [3.63, 3.8) is 0 Å². The summed E-state index contributed by atoms with van der Waals surface area (Å²) in [6.45, 7) is 6.53. The Morgan fingerprint density at radius 2 is 1.92 bits per heavy atom. The third kappa shape index (κ3) is 2.84. The molecule has 128 valence electrons. The summed E-state index contributed by atoms with van der Waals surface area (Å²) < 4.78 is 0. The molecular weight excluding hydrogens is 350 g/mol. The molecule has 0 amide bonds. The summed E-state index contributed by atoms with van der Waals surface area (Å²) in [5, 5.41) is 0.623. The Kier molecular flexibility index (Phi) is 4.48. The van der Waals surface area contributed by atoms with Crippen LogP contribution in [0.25, 0.3) is 0 Å². The molecule has 0 bridgehead atoms. The lowest BCUT2D eigenvalue weighted by Crippen LogP contribution is -2.47. The highest BCUT2D eigenvalue weighted by atomic mass is 35.5. The molecule has 2 nitrogen and oxygen atoms in total. The van der Waals surface area contributed by atoms with E-state index >= 15 is 0 Å². The van der Waals surface area contributed by atoms with E-state index in [-0.39, 0.29) is 5.78 Å². The van der Waals surface area contributed by atoms with Gasteiger partial charge in [-0.25, -0.2) is 0 Å². The van der Waals surface area contributed by atoms with Crippen molar-refractivity contribution >= 4 is 29.1 Å². The van der Waals surface area contributed by atoms with Crippen molar-refractivity contribution in [1.82, 2.24) is 4.90 Å². The second-order valence-electron chi connectivity index (χ2n) is 6.74. The molecule has 2 aliphatic heterocycles. The van der Waals surface area contributed by atoms with Crippen molar-refractivity contribution in [2.75, 3.05) is 19.6 Å². The van der Waals surface area contributed by atoms with Crippen molar-refractivity contribution in [3.8, 4) is 0 Å². The Balaban J connectivity index is 1.84. The van der Waals surface area contributed by atoms with E-state index in [9.17, 15) is 4.79 Å². The molecule has 1 spiro atoms. The molecule has 2 aromatic carbocycles. The third-order valence-electron chi connectivity index (χ3n) is 5.34. The predicted molar refractivity (Wildman–Crippen MR) is 104 cm³/mol. The van der Waals surface area contributed by atoms with E-state index in [1.165, 1.54) is 10.5 Å². The maximum absolute atomic E-state index is 13.7. The van der Waals surface area contributed by atoms with Gasteiger partial charge in [0.2, 0.25) is 0 Å². The standard InChI is InChI=1S/C21H20ClNOS/c1-2-11-23-12-9-21(10-13-23)17-5-3-4-6-19(17)25-18-8-7-15(22)14-16(18)20(21)24/h2-8,14H,1,9-13H2. The van der Waals surface area contributed by atoms with Crippen LogP contribution in [0.2, 0.25) is 5.02 Å². The summed E-state index contributed by atoms with van der Waals surface area (Å²) in [6.07, 6.45) is 3.61. The lowest BCUT2D eigenvalue weighted by Gasteiger charge is -2.41. The fourth-order valence-corrected chi connectivity index (χ4v) is 5.34. The fourth-order valence-electron chi connectivity index (χ4n) is 4.01. The molecule has 2 aromatic rings. The van der Waals surface area contributed by atoms with Gasteiger partial charge in [-0.15, -0.1) is 6.58 Å². The first-order chi connectivity index (χ1) is 12.1. The number of nitrogens with zero attached hydrogens (tertiary/aromatic N) is 1. The largest absolute Gasteiger partial charge is 0.300 e. The molecule has 4 rings (SSSR count). The number of halogens is 1. The number of ketones is 1. The van der Waals surface area contributed by atoms with Gasteiger partial charge in [-0.1, -0.05) is 47.6 Å². The van der Waals surface area contributed by atoms with Crippen LogP contribution in [0.4, 0.5) is 0 Å². The third-order valence-corrected chi connectivity index (χ3v) is 6.73. The van der Waals surface area contributed by atoms with Crippen LogP contribution in [0.15, 0.2) is 64.9 Å². The van der Waals surface area contributed by atoms with E-state index < -0.39 is 5.41 Å². The summed E-state index contributed by atoms with van der Waals surface area (Å²) in [4.78, 5) is 18.2. The zero-order valence-corrected chi connectivity index (χ0v) is 15.6. The van der Waals surface area contributed by atoms with Gasteiger partial charge in [-0.05, 0) is 55.8 Å². The average molecular weight is 370 g/mol. The number of fused-ring (bicyclic) bond motifs is 3. The maximum Gasteiger partial charge on any atom is 0.174 e. The summed E-state index contributed by atoms with van der Waals surface area (Å²) in [7, 11) is 0. The van der Waals surface area contributed by atoms with Crippen molar-refractivity contribution in [3.05, 3.63) is 71.3 Å². The number of carbonyl (C=O) groups excluding carboxylic acids is 1. The smallest absolute Gasteiger partial charge is 0.174 e. The number of likely N-dealkylation sites (tertiary alicyclic amines) is 1. The monoisotopic (exact) mass is 369 g/mol. The molecule has 0 aliphatic carbocycles. The van der Waals surface area contributed by atoms with Crippen LogP contribution in [0.1, 0.15) is 28.8 Å². The van der Waals surface area contributed by atoms with Crippen LogP contribution in [0, 0.1) is 0 Å². The highest BCUT2D eigenvalue weighted by molar-refractivity contribution is 7.99. The molecule has 1 fully saturated rings. The van der Waals surface area contributed by atoms with Crippen molar-refractivity contribution in [2.24, 2.45) is 0 Å². The number of carbonyl (C=O) groups is 1. The molecule has 4 heteroatoms. The molecular formula is C21H20ClNOS. The molecule has 25 heavy (non-hydrogen) atoms. The summed E-state index contributed by atoms with van der Waals surface area (Å²) in [5.41, 5.74) is 1.50. The first kappa shape index (κ1) is 16.9. The van der Waals surface area contributed by atoms with Crippen molar-refractivity contribution in [1.29, 1.82) is 0 Å². The van der Waals surface area contributed by atoms with E-state index in [1.807, 2.05) is 30.3 Å². The zero-order valence-electron chi connectivity index (χ0n) is 14.0. The minimum Gasteiger partial charge on any atom is -0.300 e. The van der Waals surface area contributed by atoms with E-state index in [0.29, 0.717) is 5.02 Å². The van der Waals surface area contributed by atoms with Crippen LogP contribution in [-0.2, 0) is 5.41 Å². The van der Waals surface area contributed by atoms with E-state index in [0.717, 1.165) is 42.9 Å². The van der Waals surface area contributed by atoms with Crippen LogP contribution >= 0.6 is 23.4 Å². The predicted octanol–water partition coefficient (Wildman–Crippen LogP) is 5.21. The normalized spacial score (nSPS) is 19.2. The second kappa shape index (κ2) is 6.64. The van der Waals surface area contributed by atoms with E-state index in [4.69, 9.17) is 11.6 Å². The van der Waals surface area contributed by atoms with Gasteiger partial charge < -0.3 is 0 Å². The van der Waals surface area contributed by atoms with Crippen molar-refractivity contribution in [2.45, 2.75) is 28.0 Å². The molecule has 0 atom stereocenters. The Morgan fingerprint density at radius 3 is 2.68 bits per heavy atom. The molecule has 0 aromatic heterocycles. The van der Waals surface area contributed by atoms with Gasteiger partial charge in [0.1, 0.15) is 0 Å². The van der Waals surface area contributed by atoms with Gasteiger partial charge in [-0.3, -0.25) is 9.69 Å². The van der Waals surface area contributed by atoms with E-state index in [2.05, 4.69) is 29.7 Å². The lowest BCUT2D eigenvalue weighted by molar-refractivity contribution is 0.0776. The Bertz CT molecular complexity index is 840. The Hall–Kier alpha value is -1.55. The van der Waals surface area contributed by atoms with Gasteiger partial charge in [0.25, 0.3) is 0 Å². The van der Waals surface area contributed by atoms with Gasteiger partial charge in [0.05, 0.1) is 5.41 Å². The number of piperidine rings is 1. The SMILES string of the molecule is C=CCN1CCC2(CC1)C(=O)c1cc(Cl)ccc1Sc1ccccc12. The van der Waals surface area contributed by atoms with Crippen LogP contribution in [-0.4, -0.2) is 30.3 Å². The molecule has 0 saturated carbocycles. The Labute approximate surface area is 157 Å². The number of hydrogen-bond donors (Lipinski definition) is 0. The van der Waals surface area contributed by atoms with Gasteiger partial charge in [-0.2, -0.15) is 0 Å². The molecule has 0 N–H and O–H groups in total. The first-order valence-electron chi connectivity index (χ1n) is 8.59. The topological polar surface area (TPSA) is 20.3 Å². The molecule has 0 unspecified atom stereocenters. The minimum atomic E-state index is -0.447. The molecule has 0 radical (unpaired) electrons. The zero-order chi connectivity index (χ0) is 17.4.